The molecule has 0 radical (unpaired) electrons. The highest BCUT2D eigenvalue weighted by Gasteiger charge is 2.37. The molecule has 26 heavy (non-hydrogen) atoms. The normalized spacial score (nSPS) is 15.6. The molecule has 0 amide bonds. The quantitative estimate of drug-likeness (QED) is 0.770. The Balaban J connectivity index is 2.06. The number of carbonyl (C=O) groups excluding carboxylic acids is 1. The largest absolute Gasteiger partial charge is 0.497 e. The molecule has 0 bridgehead atoms. The number of benzene rings is 1. The van der Waals surface area contributed by atoms with Gasteiger partial charge in [-0.2, -0.15) is 0 Å². The van der Waals surface area contributed by atoms with E-state index in [-0.39, 0.29) is 17.8 Å². The zero-order valence-electron chi connectivity index (χ0n) is 15.2. The first-order valence-electron chi connectivity index (χ1n) is 8.42. The van der Waals surface area contributed by atoms with E-state index >= 15 is 0 Å². The van der Waals surface area contributed by atoms with Crippen LogP contribution >= 0.6 is 0 Å². The Morgan fingerprint density at radius 1 is 1.23 bits per heavy atom. The summed E-state index contributed by atoms with van der Waals surface area (Å²) in [5.41, 5.74) is 1.99. The number of carbonyl (C=O) groups is 1. The third-order valence-corrected chi connectivity index (χ3v) is 4.94. The summed E-state index contributed by atoms with van der Waals surface area (Å²) in [4.78, 5) is 27.8. The molecule has 6 heteroatoms. The van der Waals surface area contributed by atoms with Gasteiger partial charge in [0.15, 0.2) is 11.4 Å². The average molecular weight is 352 g/mol. The SMILES string of the molecule is COc1cc2c(c(-c3cn(C)c(=O)c4[nH]ccc34)c1)OC(C)(C)C(=O)C2. The molecular formula is C20H20N2O4. The van der Waals surface area contributed by atoms with Crippen molar-refractivity contribution >= 4 is 16.7 Å². The van der Waals surface area contributed by atoms with Crippen molar-refractivity contribution in [2.75, 3.05) is 7.11 Å². The molecular weight excluding hydrogens is 332 g/mol. The van der Waals surface area contributed by atoms with Crippen molar-refractivity contribution in [1.29, 1.82) is 0 Å². The number of fused-ring (bicyclic) bond motifs is 2. The first-order chi connectivity index (χ1) is 12.3. The van der Waals surface area contributed by atoms with E-state index in [0.29, 0.717) is 17.0 Å². The van der Waals surface area contributed by atoms with Gasteiger partial charge in [0.25, 0.3) is 5.56 Å². The number of Topliss-reactive ketones (excluding diaryl/α,β-unsaturated/α-hetero) is 1. The van der Waals surface area contributed by atoms with Crippen LogP contribution in [0.5, 0.6) is 11.5 Å². The van der Waals surface area contributed by atoms with Gasteiger partial charge in [-0.25, -0.2) is 0 Å². The molecule has 0 atom stereocenters. The number of pyridine rings is 1. The van der Waals surface area contributed by atoms with Gasteiger partial charge in [-0.05, 0) is 32.0 Å². The number of ether oxygens (including phenoxy) is 2. The Morgan fingerprint density at radius 2 is 2.00 bits per heavy atom. The lowest BCUT2D eigenvalue weighted by molar-refractivity contribution is -0.132. The van der Waals surface area contributed by atoms with E-state index in [4.69, 9.17) is 9.47 Å². The fourth-order valence-corrected chi connectivity index (χ4v) is 3.41. The fraction of sp³-hybridized carbons (Fsp3) is 0.300. The number of methoxy groups -OCH3 is 1. The molecule has 4 rings (SSSR count). The topological polar surface area (TPSA) is 73.3 Å². The highest BCUT2D eigenvalue weighted by Crippen LogP contribution is 2.43. The van der Waals surface area contributed by atoms with Gasteiger partial charge in [0.1, 0.15) is 17.0 Å². The smallest absolute Gasteiger partial charge is 0.274 e. The number of hydrogen-bond acceptors (Lipinski definition) is 4. The predicted octanol–water partition coefficient (Wildman–Crippen LogP) is 2.82. The highest BCUT2D eigenvalue weighted by molar-refractivity contribution is 5.98. The second kappa shape index (κ2) is 5.49. The minimum absolute atomic E-state index is 0.0245. The van der Waals surface area contributed by atoms with E-state index < -0.39 is 5.60 Å². The Hall–Kier alpha value is -3.02. The number of nitrogens with one attached hydrogen (secondary N) is 1. The van der Waals surface area contributed by atoms with Crippen molar-refractivity contribution < 1.29 is 14.3 Å². The molecule has 0 fully saturated rings. The van der Waals surface area contributed by atoms with Crippen LogP contribution in [0.15, 0.2) is 35.4 Å². The Kier molecular flexibility index (Phi) is 3.47. The zero-order chi connectivity index (χ0) is 18.6. The van der Waals surface area contributed by atoms with Crippen molar-refractivity contribution in [1.82, 2.24) is 9.55 Å². The summed E-state index contributed by atoms with van der Waals surface area (Å²) in [6.45, 7) is 3.55. The molecule has 3 aromatic rings. The summed E-state index contributed by atoms with van der Waals surface area (Å²) in [6.07, 6.45) is 3.82. The molecule has 0 saturated heterocycles. The molecule has 134 valence electrons. The second-order valence-electron chi connectivity index (χ2n) is 7.10. The van der Waals surface area contributed by atoms with Gasteiger partial charge in [-0.15, -0.1) is 0 Å². The first kappa shape index (κ1) is 16.4. The molecule has 3 heterocycles. The van der Waals surface area contributed by atoms with Crippen LogP contribution in [0.4, 0.5) is 0 Å². The molecule has 0 unspecified atom stereocenters. The first-order valence-corrected chi connectivity index (χ1v) is 8.42. The number of nitrogens with zero attached hydrogens (tertiary/aromatic N) is 1. The maximum Gasteiger partial charge on any atom is 0.274 e. The van der Waals surface area contributed by atoms with E-state index in [0.717, 1.165) is 22.1 Å². The molecule has 0 saturated carbocycles. The standard InChI is InChI=1S/C20H20N2O4/c1-20(2)16(23)8-11-7-12(25-4)9-14(18(11)26-20)15-10-22(3)19(24)17-13(15)5-6-21-17/h5-7,9-10,21H,8H2,1-4H3. The number of ketones is 1. The van der Waals surface area contributed by atoms with Crippen molar-refractivity contribution in [3.8, 4) is 22.6 Å². The van der Waals surface area contributed by atoms with Crippen molar-refractivity contribution in [3.63, 3.8) is 0 Å². The number of aryl methyl sites for hydroxylation is 1. The van der Waals surface area contributed by atoms with Crippen LogP contribution in [-0.4, -0.2) is 28.0 Å². The molecule has 2 aromatic heterocycles. The van der Waals surface area contributed by atoms with Gasteiger partial charge < -0.3 is 19.0 Å². The van der Waals surface area contributed by atoms with E-state index in [1.165, 1.54) is 0 Å². The molecule has 6 nitrogen and oxygen atoms in total. The van der Waals surface area contributed by atoms with Crippen LogP contribution < -0.4 is 15.0 Å². The zero-order valence-corrected chi connectivity index (χ0v) is 15.2. The molecule has 0 spiro atoms. The van der Waals surface area contributed by atoms with E-state index in [9.17, 15) is 9.59 Å². The lowest BCUT2D eigenvalue weighted by Crippen LogP contribution is -2.42. The van der Waals surface area contributed by atoms with Gasteiger partial charge in [-0.3, -0.25) is 9.59 Å². The van der Waals surface area contributed by atoms with Gasteiger partial charge in [0.05, 0.1) is 7.11 Å². The van der Waals surface area contributed by atoms with Crippen molar-refractivity contribution in [2.45, 2.75) is 25.9 Å². The Morgan fingerprint density at radius 3 is 2.73 bits per heavy atom. The van der Waals surface area contributed by atoms with E-state index in [1.807, 2.05) is 18.2 Å². The second-order valence-corrected chi connectivity index (χ2v) is 7.10. The van der Waals surface area contributed by atoms with Gasteiger partial charge in [-0.1, -0.05) is 0 Å². The Labute approximate surface area is 150 Å². The monoisotopic (exact) mass is 352 g/mol. The van der Waals surface area contributed by atoms with E-state index in [2.05, 4.69) is 4.98 Å². The number of rotatable bonds is 2. The predicted molar refractivity (Wildman–Crippen MR) is 98.9 cm³/mol. The maximum absolute atomic E-state index is 12.4. The van der Waals surface area contributed by atoms with Gasteiger partial charge in [0, 0.05) is 47.9 Å². The van der Waals surface area contributed by atoms with Gasteiger partial charge >= 0.3 is 0 Å². The molecule has 1 aliphatic heterocycles. The maximum atomic E-state index is 12.4. The average Bonchev–Trinajstić information content (AvgIpc) is 3.08. The summed E-state index contributed by atoms with van der Waals surface area (Å²) in [7, 11) is 3.31. The molecule has 0 aliphatic carbocycles. The summed E-state index contributed by atoms with van der Waals surface area (Å²) >= 11 is 0. The van der Waals surface area contributed by atoms with Crippen LogP contribution in [0.1, 0.15) is 19.4 Å². The number of H-pyrrole nitrogens is 1. The third kappa shape index (κ3) is 2.33. The Bertz CT molecular complexity index is 1100. The number of aromatic amines is 1. The minimum atomic E-state index is -0.895. The summed E-state index contributed by atoms with van der Waals surface area (Å²) in [5.74, 6) is 1.33. The summed E-state index contributed by atoms with van der Waals surface area (Å²) in [6, 6.07) is 5.59. The van der Waals surface area contributed by atoms with Crippen LogP contribution in [0.3, 0.4) is 0 Å². The van der Waals surface area contributed by atoms with Crippen LogP contribution in [-0.2, 0) is 18.3 Å². The van der Waals surface area contributed by atoms with Crippen molar-refractivity contribution in [3.05, 3.63) is 46.5 Å². The van der Waals surface area contributed by atoms with Gasteiger partial charge in [0.2, 0.25) is 0 Å². The number of hydrogen-bond donors (Lipinski definition) is 1. The highest BCUT2D eigenvalue weighted by atomic mass is 16.5. The van der Waals surface area contributed by atoms with Crippen LogP contribution in [0, 0.1) is 0 Å². The van der Waals surface area contributed by atoms with Crippen LogP contribution in [0.2, 0.25) is 0 Å². The third-order valence-electron chi connectivity index (χ3n) is 4.94. The van der Waals surface area contributed by atoms with Crippen LogP contribution in [0.25, 0.3) is 22.0 Å². The fourth-order valence-electron chi connectivity index (χ4n) is 3.41. The summed E-state index contributed by atoms with van der Waals surface area (Å²) < 4.78 is 13.1. The lowest BCUT2D eigenvalue weighted by Gasteiger charge is -2.33. The molecule has 1 aliphatic rings. The minimum Gasteiger partial charge on any atom is -0.497 e. The van der Waals surface area contributed by atoms with E-state index in [1.54, 1.807) is 45.0 Å². The molecule has 1 aromatic carbocycles. The summed E-state index contributed by atoms with van der Waals surface area (Å²) in [5, 5.41) is 0.807. The van der Waals surface area contributed by atoms with Crippen molar-refractivity contribution in [2.24, 2.45) is 7.05 Å². The molecule has 1 N–H and O–H groups in total. The lowest BCUT2D eigenvalue weighted by atomic mass is 9.89. The number of aromatic nitrogens is 2.